The van der Waals surface area contributed by atoms with Gasteiger partial charge in [0.25, 0.3) is 0 Å². The van der Waals surface area contributed by atoms with Gasteiger partial charge in [-0.25, -0.2) is 9.18 Å². The number of piperidine rings is 1. The Balaban J connectivity index is 1.14. The van der Waals surface area contributed by atoms with Gasteiger partial charge in [0.2, 0.25) is 11.8 Å². The number of aromatic amines is 2. The monoisotopic (exact) mass is 604 g/mol. The molecule has 2 aliphatic heterocycles. The summed E-state index contributed by atoms with van der Waals surface area (Å²) >= 11 is 6.46. The van der Waals surface area contributed by atoms with Crippen molar-refractivity contribution in [3.05, 3.63) is 62.9 Å². The third kappa shape index (κ3) is 4.19. The fourth-order valence-corrected chi connectivity index (χ4v) is 7.27. The maximum Gasteiger partial charge on any atom is 0.406 e. The zero-order chi connectivity index (χ0) is 29.6. The fraction of sp³-hybridized carbons (Fsp3) is 0.429. The normalized spacial score (nSPS) is 22.9. The number of carbonyl (C=O) groups is 2. The van der Waals surface area contributed by atoms with Gasteiger partial charge in [-0.15, -0.1) is 0 Å². The first-order valence-corrected chi connectivity index (χ1v) is 14.0. The predicted octanol–water partition coefficient (Wildman–Crippen LogP) is 4.63. The zero-order valence-electron chi connectivity index (χ0n) is 22.1. The number of likely N-dealkylation sites (tertiary alicyclic amines) is 1. The van der Waals surface area contributed by atoms with E-state index >= 15 is 0 Å². The van der Waals surface area contributed by atoms with Gasteiger partial charge in [0.05, 0.1) is 27.7 Å². The molecule has 1 saturated heterocycles. The molecule has 2 aromatic heterocycles. The number of carbonyl (C=O) groups excluding carboxylic acids is 2. The number of fused-ring (bicyclic) bond motifs is 6. The largest absolute Gasteiger partial charge is 0.406 e. The molecule has 14 heteroatoms. The number of H-pyrrole nitrogens is 2. The summed E-state index contributed by atoms with van der Waals surface area (Å²) in [6.07, 6.45) is -2.26. The smallest absolute Gasteiger partial charge is 0.343 e. The molecule has 2 N–H and O–H groups in total. The van der Waals surface area contributed by atoms with Gasteiger partial charge in [-0.05, 0) is 48.6 Å². The summed E-state index contributed by atoms with van der Waals surface area (Å²) in [5.74, 6) is -1.99. The Labute approximate surface area is 240 Å². The first-order valence-electron chi connectivity index (χ1n) is 13.6. The molecule has 42 heavy (non-hydrogen) atoms. The van der Waals surface area contributed by atoms with E-state index in [-0.39, 0.29) is 49.9 Å². The lowest BCUT2D eigenvalue weighted by Crippen LogP contribution is -2.45. The van der Waals surface area contributed by atoms with Gasteiger partial charge >= 0.3 is 11.9 Å². The highest BCUT2D eigenvalue weighted by Crippen LogP contribution is 2.65. The van der Waals surface area contributed by atoms with Crippen molar-refractivity contribution < 1.29 is 27.2 Å². The highest BCUT2D eigenvalue weighted by molar-refractivity contribution is 6.35. The van der Waals surface area contributed by atoms with Gasteiger partial charge in [-0.3, -0.25) is 19.3 Å². The van der Waals surface area contributed by atoms with Gasteiger partial charge in [0.1, 0.15) is 17.9 Å². The lowest BCUT2D eigenvalue weighted by atomic mass is 9.91. The number of hydrogen-bond acceptors (Lipinski definition) is 4. The molecule has 2 fully saturated rings. The predicted molar refractivity (Wildman–Crippen MR) is 144 cm³/mol. The van der Waals surface area contributed by atoms with E-state index < -0.39 is 41.5 Å². The van der Waals surface area contributed by atoms with Crippen molar-refractivity contribution in [1.29, 1.82) is 0 Å². The molecule has 9 nitrogen and oxygen atoms in total. The molecule has 2 atom stereocenters. The summed E-state index contributed by atoms with van der Waals surface area (Å²) in [6, 6.07) is 5.86. The number of alkyl halides is 3. The van der Waals surface area contributed by atoms with E-state index in [9.17, 15) is 31.9 Å². The summed E-state index contributed by atoms with van der Waals surface area (Å²) in [5.41, 5.74) is 0.557. The molecule has 1 saturated carbocycles. The van der Waals surface area contributed by atoms with Crippen LogP contribution in [0, 0.1) is 11.2 Å². The first kappa shape index (κ1) is 27.0. The minimum atomic E-state index is -4.62. The Bertz CT molecular complexity index is 1820. The van der Waals surface area contributed by atoms with Crippen LogP contribution in [-0.4, -0.2) is 67.2 Å². The number of rotatable bonds is 4. The van der Waals surface area contributed by atoms with Crippen LogP contribution in [0.3, 0.4) is 0 Å². The molecule has 4 heterocycles. The van der Waals surface area contributed by atoms with E-state index in [1.165, 1.54) is 22.9 Å². The molecular formula is C28H25ClF4N6O3. The number of benzene rings is 2. The van der Waals surface area contributed by atoms with Gasteiger partial charge in [0.15, 0.2) is 0 Å². The number of nitrogens with one attached hydrogen (secondary N) is 2. The molecule has 2 amide bonds. The van der Waals surface area contributed by atoms with Crippen LogP contribution in [0.1, 0.15) is 48.8 Å². The van der Waals surface area contributed by atoms with Crippen molar-refractivity contribution in [2.24, 2.45) is 5.41 Å². The molecule has 7 rings (SSSR count). The highest BCUT2D eigenvalue weighted by atomic mass is 35.5. The summed E-state index contributed by atoms with van der Waals surface area (Å²) in [6.45, 7) is -1.12. The summed E-state index contributed by atoms with van der Waals surface area (Å²) in [4.78, 5) is 44.9. The van der Waals surface area contributed by atoms with E-state index in [2.05, 4.69) is 15.2 Å². The van der Waals surface area contributed by atoms with Gasteiger partial charge < -0.3 is 14.8 Å². The van der Waals surface area contributed by atoms with E-state index in [0.29, 0.717) is 45.4 Å². The van der Waals surface area contributed by atoms with Crippen molar-refractivity contribution in [3.63, 3.8) is 0 Å². The standard InChI is InChI=1S/C28H25ClF4N6O3/c29-19-8-15-17(16-11-34-36-23(16)19)12-38(13-28(31,32)33)25(41)27(9-18(15)27)10-22(40)37-6-4-14(5-7-37)39-21-3-1-2-20(30)24(21)35-26(39)42/h1-3,8,11,14,18H,4-7,9-10,12-13H2,(H,34,36)(H,35,42)/t18-,27?/m1/s1. The Kier molecular flexibility index (Phi) is 5.99. The molecular weight excluding hydrogens is 580 g/mol. The molecule has 1 unspecified atom stereocenters. The molecule has 0 radical (unpaired) electrons. The average molecular weight is 605 g/mol. The Morgan fingerprint density at radius 3 is 2.67 bits per heavy atom. The van der Waals surface area contributed by atoms with Crippen molar-refractivity contribution in [1.82, 2.24) is 29.5 Å². The average Bonchev–Trinajstić information content (AvgIpc) is 3.27. The Morgan fingerprint density at radius 2 is 1.93 bits per heavy atom. The second-order valence-corrected chi connectivity index (χ2v) is 11.9. The van der Waals surface area contributed by atoms with Crippen molar-refractivity contribution in [2.75, 3.05) is 19.6 Å². The van der Waals surface area contributed by atoms with Crippen LogP contribution < -0.4 is 5.69 Å². The van der Waals surface area contributed by atoms with Crippen molar-refractivity contribution in [2.45, 2.75) is 50.4 Å². The number of hydrogen-bond donors (Lipinski definition) is 2. The van der Waals surface area contributed by atoms with Crippen LogP contribution >= 0.6 is 11.6 Å². The highest BCUT2D eigenvalue weighted by Gasteiger charge is 2.65. The molecule has 3 aliphatic rings. The van der Waals surface area contributed by atoms with Gasteiger partial charge in [-0.2, -0.15) is 18.3 Å². The molecule has 220 valence electrons. The second kappa shape index (κ2) is 9.32. The van der Waals surface area contributed by atoms with E-state index in [1.807, 2.05) is 0 Å². The van der Waals surface area contributed by atoms with Crippen molar-refractivity contribution in [3.8, 4) is 0 Å². The first-order chi connectivity index (χ1) is 20.0. The fourth-order valence-electron chi connectivity index (χ4n) is 7.01. The van der Waals surface area contributed by atoms with Crippen LogP contribution in [0.25, 0.3) is 21.9 Å². The number of nitrogens with zero attached hydrogens (tertiary/aromatic N) is 4. The molecule has 4 aromatic rings. The quantitative estimate of drug-likeness (QED) is 0.331. The molecule has 1 aliphatic carbocycles. The van der Waals surface area contributed by atoms with Crippen LogP contribution in [0.4, 0.5) is 17.6 Å². The minimum absolute atomic E-state index is 0.128. The third-order valence-electron chi connectivity index (χ3n) is 9.07. The van der Waals surface area contributed by atoms with E-state index in [1.54, 1.807) is 17.0 Å². The second-order valence-electron chi connectivity index (χ2n) is 11.5. The van der Waals surface area contributed by atoms with E-state index in [0.717, 1.165) is 4.90 Å². The maximum absolute atomic E-state index is 14.2. The number of aromatic nitrogens is 4. The minimum Gasteiger partial charge on any atom is -0.343 e. The van der Waals surface area contributed by atoms with Crippen LogP contribution in [0.15, 0.2) is 35.3 Å². The van der Waals surface area contributed by atoms with Crippen LogP contribution in [0.5, 0.6) is 0 Å². The number of imidazole rings is 1. The van der Waals surface area contributed by atoms with Crippen LogP contribution in [-0.2, 0) is 16.1 Å². The Morgan fingerprint density at radius 1 is 1.17 bits per heavy atom. The van der Waals surface area contributed by atoms with Gasteiger partial charge in [0, 0.05) is 43.4 Å². The number of para-hydroxylation sites is 1. The maximum atomic E-state index is 14.2. The topological polar surface area (TPSA) is 107 Å². The lowest BCUT2D eigenvalue weighted by molar-refractivity contribution is -0.166. The summed E-state index contributed by atoms with van der Waals surface area (Å²) in [5, 5.41) is 7.67. The van der Waals surface area contributed by atoms with Gasteiger partial charge in [-0.1, -0.05) is 17.7 Å². The summed E-state index contributed by atoms with van der Waals surface area (Å²) in [7, 11) is 0. The van der Waals surface area contributed by atoms with Crippen LogP contribution in [0.2, 0.25) is 5.02 Å². The third-order valence-corrected chi connectivity index (χ3v) is 9.37. The molecule has 0 spiro atoms. The molecule has 0 bridgehead atoms. The molecule has 2 aromatic carbocycles. The number of amides is 2. The SMILES string of the molecule is O=C(CC12C[C@@H]1c1cc(Cl)c3[nH]ncc3c1CN(CC(F)(F)F)C2=O)N1CCC(n2c(=O)[nH]c3c(F)cccc32)CC1. The number of halogens is 5. The zero-order valence-corrected chi connectivity index (χ0v) is 22.9. The Hall–Kier alpha value is -3.87. The van der Waals surface area contributed by atoms with Crippen molar-refractivity contribution >= 4 is 45.4 Å². The summed E-state index contributed by atoms with van der Waals surface area (Å²) < 4.78 is 56.5. The lowest BCUT2D eigenvalue weighted by Gasteiger charge is -2.34. The van der Waals surface area contributed by atoms with E-state index in [4.69, 9.17) is 11.6 Å².